The number of likely N-dealkylation sites (tertiary alicyclic amines) is 1. The molecule has 0 saturated carbocycles. The summed E-state index contributed by atoms with van der Waals surface area (Å²) >= 11 is 0. The molecule has 25 heavy (non-hydrogen) atoms. The normalized spacial score (nSPS) is 25.4. The third-order valence-corrected chi connectivity index (χ3v) is 5.44. The van der Waals surface area contributed by atoms with Gasteiger partial charge >= 0.3 is 0 Å². The lowest BCUT2D eigenvalue weighted by atomic mass is 9.93. The van der Waals surface area contributed by atoms with Gasteiger partial charge in [0, 0.05) is 43.5 Å². The lowest BCUT2D eigenvalue weighted by Gasteiger charge is -2.34. The van der Waals surface area contributed by atoms with E-state index >= 15 is 0 Å². The van der Waals surface area contributed by atoms with Gasteiger partial charge in [0.1, 0.15) is 5.76 Å². The Morgan fingerprint density at radius 2 is 1.96 bits per heavy atom. The first-order valence-corrected chi connectivity index (χ1v) is 9.34. The van der Waals surface area contributed by atoms with Crippen molar-refractivity contribution in [2.45, 2.75) is 37.9 Å². The highest BCUT2D eigenvalue weighted by Crippen LogP contribution is 2.22. The van der Waals surface area contributed by atoms with Crippen molar-refractivity contribution >= 4 is 0 Å². The van der Waals surface area contributed by atoms with Crippen molar-refractivity contribution < 1.29 is 9.15 Å². The highest BCUT2D eigenvalue weighted by atomic mass is 16.5. The lowest BCUT2D eigenvalue weighted by molar-refractivity contribution is 0.162. The van der Waals surface area contributed by atoms with Gasteiger partial charge in [0.15, 0.2) is 0 Å². The topological polar surface area (TPSA) is 50.5 Å². The largest absolute Gasteiger partial charge is 0.468 e. The summed E-state index contributed by atoms with van der Waals surface area (Å²) in [6.07, 6.45) is 8.97. The van der Waals surface area contributed by atoms with E-state index in [1.54, 1.807) is 6.26 Å². The zero-order valence-electron chi connectivity index (χ0n) is 14.6. The smallest absolute Gasteiger partial charge is 0.117 e. The fraction of sp³-hybridized carbons (Fsp3) is 0.550. The number of furan rings is 1. The maximum absolute atomic E-state index is 5.77. The number of rotatable bonds is 6. The van der Waals surface area contributed by atoms with Gasteiger partial charge in [0.25, 0.3) is 0 Å². The maximum atomic E-state index is 5.77. The van der Waals surface area contributed by atoms with Crippen molar-refractivity contribution in [3.8, 4) is 0 Å². The van der Waals surface area contributed by atoms with E-state index < -0.39 is 0 Å². The van der Waals surface area contributed by atoms with E-state index in [0.717, 1.165) is 45.0 Å². The van der Waals surface area contributed by atoms with Crippen LogP contribution in [0, 0.1) is 5.92 Å². The molecule has 5 heteroatoms. The molecule has 4 heterocycles. The molecule has 4 rings (SSSR count). The van der Waals surface area contributed by atoms with E-state index in [2.05, 4.69) is 33.4 Å². The molecule has 0 amide bonds. The highest BCUT2D eigenvalue weighted by molar-refractivity contribution is 5.11. The minimum Gasteiger partial charge on any atom is -0.468 e. The summed E-state index contributed by atoms with van der Waals surface area (Å²) in [4.78, 5) is 6.59. The second-order valence-electron chi connectivity index (χ2n) is 7.26. The quantitative estimate of drug-likeness (QED) is 0.875. The molecule has 0 aromatic carbocycles. The Bertz CT molecular complexity index is 624. The van der Waals surface area contributed by atoms with E-state index in [4.69, 9.17) is 9.15 Å². The molecule has 2 saturated heterocycles. The van der Waals surface area contributed by atoms with Crippen molar-refractivity contribution in [3.05, 3.63) is 54.2 Å². The van der Waals surface area contributed by atoms with Gasteiger partial charge in [-0.05, 0) is 49.1 Å². The molecule has 0 aliphatic carbocycles. The first-order valence-electron chi connectivity index (χ1n) is 9.34. The third-order valence-electron chi connectivity index (χ3n) is 5.44. The molecule has 2 aliphatic rings. The molecule has 0 unspecified atom stereocenters. The molecular weight excluding hydrogens is 314 g/mol. The predicted octanol–water partition coefficient (Wildman–Crippen LogP) is 2.49. The number of hydrogen-bond acceptors (Lipinski definition) is 5. The van der Waals surface area contributed by atoms with Gasteiger partial charge in [0.05, 0.1) is 26.0 Å². The van der Waals surface area contributed by atoms with Crippen molar-refractivity contribution in [1.82, 2.24) is 15.2 Å². The molecule has 134 valence electrons. The summed E-state index contributed by atoms with van der Waals surface area (Å²) in [6.45, 7) is 4.87. The number of hydrogen-bond donors (Lipinski definition) is 1. The van der Waals surface area contributed by atoms with Crippen molar-refractivity contribution in [2.24, 2.45) is 5.92 Å². The predicted molar refractivity (Wildman–Crippen MR) is 96.2 cm³/mol. The van der Waals surface area contributed by atoms with Crippen LogP contribution in [0.15, 0.2) is 47.3 Å². The van der Waals surface area contributed by atoms with Gasteiger partial charge in [-0.1, -0.05) is 0 Å². The average molecular weight is 341 g/mol. The summed E-state index contributed by atoms with van der Waals surface area (Å²) in [5, 5.41) is 3.88. The van der Waals surface area contributed by atoms with Gasteiger partial charge < -0.3 is 14.5 Å². The molecule has 2 aromatic heterocycles. The first kappa shape index (κ1) is 16.8. The van der Waals surface area contributed by atoms with Gasteiger partial charge in [-0.3, -0.25) is 9.88 Å². The SMILES string of the molecule is c1coc(CN2CCC(N[C@H]3COC[C@H]3Cc3ccncc3)CC2)c1. The zero-order chi connectivity index (χ0) is 16.9. The number of nitrogens with zero attached hydrogens (tertiary/aromatic N) is 2. The Morgan fingerprint density at radius 1 is 1.12 bits per heavy atom. The summed E-state index contributed by atoms with van der Waals surface area (Å²) in [5.74, 6) is 1.62. The second-order valence-corrected chi connectivity index (χ2v) is 7.26. The van der Waals surface area contributed by atoms with Crippen LogP contribution in [0.25, 0.3) is 0 Å². The Morgan fingerprint density at radius 3 is 2.72 bits per heavy atom. The molecule has 0 radical (unpaired) electrons. The van der Waals surface area contributed by atoms with Crippen LogP contribution >= 0.6 is 0 Å². The highest BCUT2D eigenvalue weighted by Gasteiger charge is 2.31. The first-order chi connectivity index (χ1) is 12.4. The van der Waals surface area contributed by atoms with Crippen molar-refractivity contribution in [2.75, 3.05) is 26.3 Å². The summed E-state index contributed by atoms with van der Waals surface area (Å²) in [6, 6.07) is 9.32. The fourth-order valence-corrected chi connectivity index (χ4v) is 3.99. The van der Waals surface area contributed by atoms with Gasteiger partial charge in [-0.15, -0.1) is 0 Å². The molecule has 2 aromatic rings. The van der Waals surface area contributed by atoms with Crippen LogP contribution in [-0.4, -0.2) is 48.3 Å². The molecule has 5 nitrogen and oxygen atoms in total. The van der Waals surface area contributed by atoms with E-state index in [1.165, 1.54) is 18.4 Å². The second kappa shape index (κ2) is 8.13. The Hall–Kier alpha value is -1.69. The van der Waals surface area contributed by atoms with Crippen molar-refractivity contribution in [3.63, 3.8) is 0 Å². The van der Waals surface area contributed by atoms with E-state index in [9.17, 15) is 0 Å². The number of aromatic nitrogens is 1. The number of ether oxygens (including phenoxy) is 1. The molecule has 2 aliphatic heterocycles. The van der Waals surface area contributed by atoms with Crippen LogP contribution in [0.3, 0.4) is 0 Å². The van der Waals surface area contributed by atoms with Gasteiger partial charge in [-0.2, -0.15) is 0 Å². The van der Waals surface area contributed by atoms with Crippen LogP contribution in [0.4, 0.5) is 0 Å². The minimum atomic E-state index is 0.467. The maximum Gasteiger partial charge on any atom is 0.117 e. The monoisotopic (exact) mass is 341 g/mol. The van der Waals surface area contributed by atoms with Crippen LogP contribution in [-0.2, 0) is 17.7 Å². The van der Waals surface area contributed by atoms with E-state index in [0.29, 0.717) is 18.0 Å². The Balaban J connectivity index is 1.25. The molecule has 0 bridgehead atoms. The molecule has 2 atom stereocenters. The van der Waals surface area contributed by atoms with Crippen LogP contribution in [0.2, 0.25) is 0 Å². The zero-order valence-corrected chi connectivity index (χ0v) is 14.6. The van der Waals surface area contributed by atoms with Gasteiger partial charge in [0.2, 0.25) is 0 Å². The van der Waals surface area contributed by atoms with Gasteiger partial charge in [-0.25, -0.2) is 0 Å². The summed E-state index contributed by atoms with van der Waals surface area (Å²) < 4.78 is 11.2. The number of pyridine rings is 1. The van der Waals surface area contributed by atoms with Crippen molar-refractivity contribution in [1.29, 1.82) is 0 Å². The van der Waals surface area contributed by atoms with Crippen LogP contribution in [0.5, 0.6) is 0 Å². The fourth-order valence-electron chi connectivity index (χ4n) is 3.99. The summed E-state index contributed by atoms with van der Waals surface area (Å²) in [5.41, 5.74) is 1.35. The molecule has 2 fully saturated rings. The minimum absolute atomic E-state index is 0.467. The van der Waals surface area contributed by atoms with Crippen LogP contribution < -0.4 is 5.32 Å². The molecule has 0 spiro atoms. The summed E-state index contributed by atoms with van der Waals surface area (Å²) in [7, 11) is 0. The Labute approximate surface area is 149 Å². The average Bonchev–Trinajstić information content (AvgIpc) is 3.30. The van der Waals surface area contributed by atoms with E-state index in [1.807, 2.05) is 18.5 Å². The lowest BCUT2D eigenvalue weighted by Crippen LogP contribution is -2.48. The standard InChI is InChI=1S/C20H27N3O2/c1-2-19(25-11-1)13-23-9-5-18(6-10-23)22-20-15-24-14-17(20)12-16-3-7-21-8-4-16/h1-4,7-8,11,17-18,20,22H,5-6,9-10,12-15H2/t17-,20+/m1/s1. The third kappa shape index (κ3) is 4.48. The number of piperidine rings is 1. The Kier molecular flexibility index (Phi) is 5.45. The number of nitrogens with one attached hydrogen (secondary N) is 1. The molecule has 1 N–H and O–H groups in total. The van der Waals surface area contributed by atoms with E-state index in [-0.39, 0.29) is 0 Å². The molecular formula is C20H27N3O2. The van der Waals surface area contributed by atoms with Crippen LogP contribution in [0.1, 0.15) is 24.2 Å².